The van der Waals surface area contributed by atoms with Crippen LogP contribution in [0.2, 0.25) is 15.1 Å². The van der Waals surface area contributed by atoms with E-state index in [1.54, 1.807) is 25.1 Å². The maximum absolute atomic E-state index is 13.6. The highest BCUT2D eigenvalue weighted by atomic mass is 35.5. The van der Waals surface area contributed by atoms with Crippen LogP contribution in [-0.4, -0.2) is 58.1 Å². The van der Waals surface area contributed by atoms with Crippen LogP contribution in [0.4, 0.5) is 5.69 Å². The van der Waals surface area contributed by atoms with Gasteiger partial charge < -0.3 is 15.0 Å². The van der Waals surface area contributed by atoms with Crippen LogP contribution in [0.5, 0.6) is 5.75 Å². The molecule has 0 aliphatic carbocycles. The van der Waals surface area contributed by atoms with Gasteiger partial charge in [0.05, 0.1) is 19.1 Å². The van der Waals surface area contributed by atoms with E-state index in [1.807, 2.05) is 0 Å². The molecule has 0 aliphatic heterocycles. The Morgan fingerprint density at radius 2 is 1.74 bits per heavy atom. The van der Waals surface area contributed by atoms with Crippen molar-refractivity contribution in [2.45, 2.75) is 25.9 Å². The van der Waals surface area contributed by atoms with Crippen molar-refractivity contribution in [3.63, 3.8) is 0 Å². The number of rotatable bonds is 10. The molecule has 0 saturated heterocycles. The molecule has 1 N–H and O–H groups in total. The van der Waals surface area contributed by atoms with Crippen molar-refractivity contribution in [3.8, 4) is 5.75 Å². The molecule has 1 atom stereocenters. The molecule has 2 aromatic rings. The highest BCUT2D eigenvalue weighted by Gasteiger charge is 2.33. The van der Waals surface area contributed by atoms with Gasteiger partial charge in [0.25, 0.3) is 0 Å². The molecule has 186 valence electrons. The minimum Gasteiger partial charge on any atom is -0.495 e. The molecule has 34 heavy (non-hydrogen) atoms. The Labute approximate surface area is 214 Å². The van der Waals surface area contributed by atoms with E-state index in [-0.39, 0.29) is 29.4 Å². The van der Waals surface area contributed by atoms with Crippen LogP contribution in [0.1, 0.15) is 18.9 Å². The number of hydrogen-bond donors (Lipinski definition) is 1. The fraction of sp³-hybridized carbons (Fsp3) is 0.364. The van der Waals surface area contributed by atoms with E-state index in [4.69, 9.17) is 39.5 Å². The summed E-state index contributed by atoms with van der Waals surface area (Å²) in [5, 5.41) is 3.42. The summed E-state index contributed by atoms with van der Waals surface area (Å²) in [6.07, 6.45) is 1.23. The number of methoxy groups -OCH3 is 1. The first-order chi connectivity index (χ1) is 15.9. The molecule has 0 radical (unpaired) electrons. The van der Waals surface area contributed by atoms with Crippen molar-refractivity contribution < 1.29 is 22.7 Å². The Balaban J connectivity index is 2.56. The molecule has 0 aromatic heterocycles. The maximum atomic E-state index is 13.6. The van der Waals surface area contributed by atoms with Gasteiger partial charge in [0.1, 0.15) is 18.3 Å². The average Bonchev–Trinajstić information content (AvgIpc) is 2.77. The lowest BCUT2D eigenvalue weighted by atomic mass is 10.1. The van der Waals surface area contributed by atoms with Gasteiger partial charge in [-0.15, -0.1) is 0 Å². The lowest BCUT2D eigenvalue weighted by Crippen LogP contribution is -2.51. The molecular formula is C22H26Cl3N3O5S. The Kier molecular flexibility index (Phi) is 9.87. The van der Waals surface area contributed by atoms with Crippen molar-refractivity contribution in [2.24, 2.45) is 0 Å². The van der Waals surface area contributed by atoms with Gasteiger partial charge in [-0.3, -0.25) is 13.9 Å². The van der Waals surface area contributed by atoms with Gasteiger partial charge >= 0.3 is 0 Å². The molecule has 0 bridgehead atoms. The van der Waals surface area contributed by atoms with Gasteiger partial charge in [-0.25, -0.2) is 8.42 Å². The first-order valence-corrected chi connectivity index (χ1v) is 13.2. The van der Waals surface area contributed by atoms with Gasteiger partial charge in [-0.1, -0.05) is 47.8 Å². The summed E-state index contributed by atoms with van der Waals surface area (Å²) in [6, 6.07) is 8.43. The topological polar surface area (TPSA) is 96.0 Å². The largest absolute Gasteiger partial charge is 0.495 e. The summed E-state index contributed by atoms with van der Waals surface area (Å²) < 4.78 is 31.6. The van der Waals surface area contributed by atoms with Crippen LogP contribution in [0.25, 0.3) is 0 Å². The van der Waals surface area contributed by atoms with E-state index in [2.05, 4.69) is 5.32 Å². The lowest BCUT2D eigenvalue weighted by Gasteiger charge is -2.33. The molecule has 0 fully saturated rings. The quantitative estimate of drug-likeness (QED) is 0.483. The molecule has 12 heteroatoms. The second-order valence-electron chi connectivity index (χ2n) is 7.35. The second-order valence-corrected chi connectivity index (χ2v) is 10.5. The minimum atomic E-state index is -3.95. The monoisotopic (exact) mass is 549 g/mol. The summed E-state index contributed by atoms with van der Waals surface area (Å²) in [4.78, 5) is 27.5. The van der Waals surface area contributed by atoms with Crippen molar-refractivity contribution in [3.05, 3.63) is 57.0 Å². The molecule has 1 unspecified atom stereocenters. The zero-order valence-corrected chi connectivity index (χ0v) is 22.2. The number of carbonyl (C=O) groups excluding carboxylic acids is 2. The van der Waals surface area contributed by atoms with Gasteiger partial charge in [-0.2, -0.15) is 0 Å². The summed E-state index contributed by atoms with van der Waals surface area (Å²) in [5.74, 6) is -0.842. The minimum absolute atomic E-state index is 0.0922. The van der Waals surface area contributed by atoms with Crippen molar-refractivity contribution in [1.82, 2.24) is 10.2 Å². The van der Waals surface area contributed by atoms with Gasteiger partial charge in [-0.05, 0) is 36.8 Å². The summed E-state index contributed by atoms with van der Waals surface area (Å²) >= 11 is 18.7. The number of hydrogen-bond acceptors (Lipinski definition) is 5. The van der Waals surface area contributed by atoms with E-state index < -0.39 is 34.4 Å². The number of amides is 2. The van der Waals surface area contributed by atoms with E-state index in [0.29, 0.717) is 15.6 Å². The third-order valence-corrected chi connectivity index (χ3v) is 7.18. The first kappa shape index (κ1) is 28.0. The molecule has 0 aliphatic rings. The van der Waals surface area contributed by atoms with Gasteiger partial charge in [0, 0.05) is 34.2 Å². The molecule has 0 spiro atoms. The summed E-state index contributed by atoms with van der Waals surface area (Å²) in [7, 11) is -1.12. The van der Waals surface area contributed by atoms with Crippen LogP contribution in [0, 0.1) is 0 Å². The SMILES string of the molecule is CCC(C(=O)NC)N(Cc1c(Cl)cccc1Cl)C(=O)CN(c1cc(Cl)ccc1OC)S(C)(=O)=O. The number of carbonyl (C=O) groups is 2. The number of anilines is 1. The first-order valence-electron chi connectivity index (χ1n) is 10.2. The van der Waals surface area contributed by atoms with E-state index >= 15 is 0 Å². The van der Waals surface area contributed by atoms with Crippen LogP contribution >= 0.6 is 34.8 Å². The van der Waals surface area contributed by atoms with Crippen LogP contribution < -0.4 is 14.4 Å². The molecule has 8 nitrogen and oxygen atoms in total. The van der Waals surface area contributed by atoms with E-state index in [0.717, 1.165) is 10.6 Å². The molecule has 0 saturated carbocycles. The van der Waals surface area contributed by atoms with Crippen molar-refractivity contribution >= 4 is 62.3 Å². The maximum Gasteiger partial charge on any atom is 0.244 e. The highest BCUT2D eigenvalue weighted by molar-refractivity contribution is 7.92. The van der Waals surface area contributed by atoms with Gasteiger partial charge in [0.2, 0.25) is 21.8 Å². The molecule has 2 aromatic carbocycles. The zero-order valence-electron chi connectivity index (χ0n) is 19.1. The van der Waals surface area contributed by atoms with Crippen molar-refractivity contribution in [1.29, 1.82) is 0 Å². The van der Waals surface area contributed by atoms with E-state index in [9.17, 15) is 18.0 Å². The van der Waals surface area contributed by atoms with Crippen molar-refractivity contribution in [2.75, 3.05) is 31.3 Å². The van der Waals surface area contributed by atoms with Crippen LogP contribution in [0.15, 0.2) is 36.4 Å². The zero-order chi connectivity index (χ0) is 25.6. The predicted octanol–water partition coefficient (Wildman–Crippen LogP) is 3.97. The average molecular weight is 551 g/mol. The molecule has 2 amide bonds. The molecule has 2 rings (SSSR count). The fourth-order valence-electron chi connectivity index (χ4n) is 3.39. The number of nitrogens with zero attached hydrogens (tertiary/aromatic N) is 2. The van der Waals surface area contributed by atoms with Crippen LogP contribution in [-0.2, 0) is 26.2 Å². The highest BCUT2D eigenvalue weighted by Crippen LogP contribution is 2.33. The number of sulfonamides is 1. The van der Waals surface area contributed by atoms with E-state index in [1.165, 1.54) is 37.3 Å². The van der Waals surface area contributed by atoms with Crippen LogP contribution in [0.3, 0.4) is 0 Å². The third-order valence-electron chi connectivity index (χ3n) is 5.11. The standard InChI is InChI=1S/C22H26Cl3N3O5S/c1-5-18(22(30)26-2)27(12-15-16(24)7-6-8-17(15)25)21(29)13-28(34(4,31)32)19-11-14(23)9-10-20(19)33-3/h6-11,18H,5,12-13H2,1-4H3,(H,26,30). The van der Waals surface area contributed by atoms with Gasteiger partial charge in [0.15, 0.2) is 0 Å². The Bertz CT molecular complexity index is 1140. The molecular weight excluding hydrogens is 525 g/mol. The number of halogens is 3. The third kappa shape index (κ3) is 6.69. The normalized spacial score (nSPS) is 12.1. The Morgan fingerprint density at radius 1 is 1.12 bits per heavy atom. The second kappa shape index (κ2) is 12.0. The number of nitrogens with one attached hydrogen (secondary N) is 1. The fourth-order valence-corrected chi connectivity index (χ4v) is 4.92. The number of ether oxygens (including phenoxy) is 1. The Hall–Kier alpha value is -2.20. The Morgan fingerprint density at radius 3 is 2.24 bits per heavy atom. The molecule has 0 heterocycles. The number of likely N-dealkylation sites (N-methyl/N-ethyl adjacent to an activating group) is 1. The lowest BCUT2D eigenvalue weighted by molar-refractivity contribution is -0.140. The number of benzene rings is 2. The summed E-state index contributed by atoms with van der Waals surface area (Å²) in [5.41, 5.74) is 0.530. The summed E-state index contributed by atoms with van der Waals surface area (Å²) in [6.45, 7) is 1.03. The predicted molar refractivity (Wildman–Crippen MR) is 135 cm³/mol. The smallest absolute Gasteiger partial charge is 0.244 e.